The monoisotopic (exact) mass is 459 g/mol. The van der Waals surface area contributed by atoms with Crippen LogP contribution in [-0.4, -0.2) is 34.8 Å². The fourth-order valence-corrected chi connectivity index (χ4v) is 6.22. The normalized spacial score (nSPS) is 17.5. The lowest BCUT2D eigenvalue weighted by Gasteiger charge is -2.31. The van der Waals surface area contributed by atoms with Gasteiger partial charge in [-0.15, -0.1) is 22.7 Å². The summed E-state index contributed by atoms with van der Waals surface area (Å²) in [6.07, 6.45) is 3.77. The van der Waals surface area contributed by atoms with Crippen LogP contribution in [0.2, 0.25) is 5.02 Å². The number of halogens is 1. The van der Waals surface area contributed by atoms with Gasteiger partial charge in [-0.3, -0.25) is 9.59 Å². The van der Waals surface area contributed by atoms with Crippen molar-refractivity contribution >= 4 is 61.3 Å². The smallest absolute Gasteiger partial charge is 0.264 e. The molecule has 1 saturated carbocycles. The molecule has 1 saturated heterocycles. The third-order valence-electron chi connectivity index (χ3n) is 5.80. The summed E-state index contributed by atoms with van der Waals surface area (Å²) in [5.41, 5.74) is 1.89. The van der Waals surface area contributed by atoms with Gasteiger partial charge in [0.05, 0.1) is 25.1 Å². The molecule has 1 aliphatic carbocycles. The highest BCUT2D eigenvalue weighted by molar-refractivity contribution is 7.18. The van der Waals surface area contributed by atoms with Crippen LogP contribution in [0, 0.1) is 12.8 Å². The number of thiazole rings is 1. The highest BCUT2D eigenvalue weighted by atomic mass is 35.5. The van der Waals surface area contributed by atoms with Crippen molar-refractivity contribution in [2.45, 2.75) is 38.5 Å². The van der Waals surface area contributed by atoms with Gasteiger partial charge in [0.15, 0.2) is 0 Å². The van der Waals surface area contributed by atoms with E-state index in [2.05, 4.69) is 5.32 Å². The second-order valence-corrected chi connectivity index (χ2v) is 10.7. The van der Waals surface area contributed by atoms with E-state index in [1.54, 1.807) is 11.3 Å². The van der Waals surface area contributed by atoms with Crippen LogP contribution in [0.15, 0.2) is 24.3 Å². The molecule has 2 amide bonds. The van der Waals surface area contributed by atoms with Crippen LogP contribution < -0.4 is 5.32 Å². The largest absolute Gasteiger partial charge is 0.338 e. The zero-order chi connectivity index (χ0) is 20.8. The molecule has 5 rings (SSSR count). The molecular formula is C22H22ClN3O2S2. The van der Waals surface area contributed by atoms with E-state index in [0.29, 0.717) is 10.9 Å². The number of hydrogen-bond acceptors (Lipinski definition) is 5. The molecule has 0 spiro atoms. The molecule has 2 aliphatic rings. The van der Waals surface area contributed by atoms with Gasteiger partial charge in [0.2, 0.25) is 5.91 Å². The summed E-state index contributed by atoms with van der Waals surface area (Å²) in [4.78, 5) is 32.5. The summed E-state index contributed by atoms with van der Waals surface area (Å²) < 4.78 is 1.16. The second kappa shape index (κ2) is 7.94. The van der Waals surface area contributed by atoms with Crippen LogP contribution >= 0.6 is 34.3 Å². The van der Waals surface area contributed by atoms with E-state index in [0.717, 1.165) is 69.4 Å². The summed E-state index contributed by atoms with van der Waals surface area (Å²) in [5.74, 6) is 0.680. The predicted octanol–water partition coefficient (Wildman–Crippen LogP) is 5.69. The number of rotatable bonds is 4. The van der Waals surface area contributed by atoms with Gasteiger partial charge in [0.1, 0.15) is 0 Å². The molecule has 156 valence electrons. The highest BCUT2D eigenvalue weighted by Crippen LogP contribution is 2.36. The molecule has 1 N–H and O–H groups in total. The first-order chi connectivity index (χ1) is 14.5. The first-order valence-electron chi connectivity index (χ1n) is 10.2. The van der Waals surface area contributed by atoms with E-state index in [4.69, 9.17) is 16.6 Å². The first kappa shape index (κ1) is 20.0. The van der Waals surface area contributed by atoms with Crippen molar-refractivity contribution < 1.29 is 9.59 Å². The number of nitrogens with one attached hydrogen (secondary N) is 1. The number of carbonyl (C=O) groups is 2. The number of piperidine rings is 1. The van der Waals surface area contributed by atoms with Crippen LogP contribution in [0.4, 0.5) is 5.00 Å². The number of fused-ring (bicyclic) bond motifs is 1. The molecule has 8 heteroatoms. The molecule has 0 bridgehead atoms. The molecule has 1 aromatic carbocycles. The van der Waals surface area contributed by atoms with E-state index in [-0.39, 0.29) is 17.7 Å². The molecule has 3 aromatic rings. The second-order valence-electron chi connectivity index (χ2n) is 8.12. The van der Waals surface area contributed by atoms with Crippen molar-refractivity contribution in [2.24, 2.45) is 5.92 Å². The topological polar surface area (TPSA) is 62.3 Å². The maximum absolute atomic E-state index is 13.1. The zero-order valence-electron chi connectivity index (χ0n) is 16.6. The molecule has 3 heterocycles. The van der Waals surface area contributed by atoms with Crippen LogP contribution in [0.3, 0.4) is 0 Å². The molecular weight excluding hydrogens is 438 g/mol. The van der Waals surface area contributed by atoms with E-state index in [1.165, 1.54) is 11.3 Å². The van der Waals surface area contributed by atoms with Gasteiger partial charge in [0, 0.05) is 29.9 Å². The molecule has 2 aromatic heterocycles. The Morgan fingerprint density at radius 3 is 2.63 bits per heavy atom. The van der Waals surface area contributed by atoms with Crippen LogP contribution in [0.25, 0.3) is 10.2 Å². The summed E-state index contributed by atoms with van der Waals surface area (Å²) in [6.45, 7) is 3.39. The van der Waals surface area contributed by atoms with Crippen molar-refractivity contribution in [3.8, 4) is 0 Å². The maximum atomic E-state index is 13.1. The standard InChI is InChI=1S/C22H22ClN3O2S2/c1-12-10-18(25-20(27)13-2-3-13)30-19(12)22(28)26-8-6-14(7-9-26)21-24-16-11-15(23)4-5-17(16)29-21/h4-5,10-11,13-14H,2-3,6-9H2,1H3,(H,25,27). The summed E-state index contributed by atoms with van der Waals surface area (Å²) in [5, 5.41) is 5.58. The number of benzene rings is 1. The molecule has 2 fully saturated rings. The molecule has 1 aliphatic heterocycles. The van der Waals surface area contributed by atoms with Crippen molar-refractivity contribution in [3.63, 3.8) is 0 Å². The zero-order valence-corrected chi connectivity index (χ0v) is 19.0. The molecule has 0 radical (unpaired) electrons. The van der Waals surface area contributed by atoms with Gasteiger partial charge < -0.3 is 10.2 Å². The summed E-state index contributed by atoms with van der Waals surface area (Å²) in [7, 11) is 0. The van der Waals surface area contributed by atoms with Gasteiger partial charge >= 0.3 is 0 Å². The average molecular weight is 460 g/mol. The third kappa shape index (κ3) is 3.98. The molecule has 0 atom stereocenters. The number of aryl methyl sites for hydroxylation is 1. The number of carbonyl (C=O) groups excluding carboxylic acids is 2. The Morgan fingerprint density at radius 2 is 1.90 bits per heavy atom. The Labute approximate surface area is 188 Å². The maximum Gasteiger partial charge on any atom is 0.264 e. The van der Waals surface area contributed by atoms with Crippen molar-refractivity contribution in [1.29, 1.82) is 0 Å². The fraction of sp³-hybridized carbons (Fsp3) is 0.409. The third-order valence-corrected chi connectivity index (χ3v) is 8.38. The van der Waals surface area contributed by atoms with Gasteiger partial charge in [-0.2, -0.15) is 0 Å². The van der Waals surface area contributed by atoms with Crippen LogP contribution in [-0.2, 0) is 4.79 Å². The van der Waals surface area contributed by atoms with Crippen LogP contribution in [0.5, 0.6) is 0 Å². The minimum atomic E-state index is 0.0685. The Balaban J connectivity index is 1.24. The minimum Gasteiger partial charge on any atom is -0.338 e. The van der Waals surface area contributed by atoms with Crippen LogP contribution in [0.1, 0.15) is 51.8 Å². The Kier molecular flexibility index (Phi) is 5.29. The number of thiophene rings is 1. The summed E-state index contributed by atoms with van der Waals surface area (Å²) in [6, 6.07) is 7.75. The van der Waals surface area contributed by atoms with E-state index >= 15 is 0 Å². The quantitative estimate of drug-likeness (QED) is 0.545. The number of amides is 2. The Hall–Kier alpha value is -1.96. The Morgan fingerprint density at radius 1 is 1.13 bits per heavy atom. The van der Waals surface area contributed by atoms with Gasteiger partial charge in [-0.25, -0.2) is 4.98 Å². The first-order valence-corrected chi connectivity index (χ1v) is 12.3. The Bertz CT molecular complexity index is 1130. The number of likely N-dealkylation sites (tertiary alicyclic amines) is 1. The van der Waals surface area contributed by atoms with Gasteiger partial charge in [-0.1, -0.05) is 11.6 Å². The molecule has 30 heavy (non-hydrogen) atoms. The SMILES string of the molecule is Cc1cc(NC(=O)C2CC2)sc1C(=O)N1CCC(c2nc3cc(Cl)ccc3s2)CC1. The number of anilines is 1. The minimum absolute atomic E-state index is 0.0685. The van der Waals surface area contributed by atoms with Crippen molar-refractivity contribution in [2.75, 3.05) is 18.4 Å². The lowest BCUT2D eigenvalue weighted by molar-refractivity contribution is -0.117. The predicted molar refractivity (Wildman–Crippen MR) is 123 cm³/mol. The summed E-state index contributed by atoms with van der Waals surface area (Å²) >= 11 is 9.20. The fourth-order valence-electron chi connectivity index (χ4n) is 3.89. The van der Waals surface area contributed by atoms with Crippen molar-refractivity contribution in [3.05, 3.63) is 44.7 Å². The van der Waals surface area contributed by atoms with E-state index in [1.807, 2.05) is 36.1 Å². The van der Waals surface area contributed by atoms with Gasteiger partial charge in [-0.05, 0) is 62.4 Å². The number of hydrogen-bond donors (Lipinski definition) is 1. The van der Waals surface area contributed by atoms with Gasteiger partial charge in [0.25, 0.3) is 5.91 Å². The number of nitrogens with zero attached hydrogens (tertiary/aromatic N) is 2. The van der Waals surface area contributed by atoms with E-state index < -0.39 is 0 Å². The highest BCUT2D eigenvalue weighted by Gasteiger charge is 2.31. The lowest BCUT2D eigenvalue weighted by atomic mass is 9.97. The number of aromatic nitrogens is 1. The van der Waals surface area contributed by atoms with E-state index in [9.17, 15) is 9.59 Å². The molecule has 0 unspecified atom stereocenters. The van der Waals surface area contributed by atoms with Crippen molar-refractivity contribution in [1.82, 2.24) is 9.88 Å². The molecule has 5 nitrogen and oxygen atoms in total. The lowest BCUT2D eigenvalue weighted by Crippen LogP contribution is -2.37. The average Bonchev–Trinajstić information content (AvgIpc) is 3.41.